The predicted octanol–water partition coefficient (Wildman–Crippen LogP) is 1.24. The van der Waals surface area contributed by atoms with Crippen molar-refractivity contribution in [1.82, 2.24) is 0 Å². The van der Waals surface area contributed by atoms with Gasteiger partial charge in [-0.25, -0.2) is 4.79 Å². The number of nitrogens with two attached hydrogens (primary N) is 1. The van der Waals surface area contributed by atoms with Gasteiger partial charge in [0.2, 0.25) is 5.91 Å². The number of nitrogens with zero attached hydrogens (tertiary/aromatic N) is 1. The first-order valence-corrected chi connectivity index (χ1v) is 7.01. The SMILES string of the molecule is CC(C)(C)OC(=O)Nc1ccc2c(c1)N(CC(N)=O)C(=O)CO2. The van der Waals surface area contributed by atoms with E-state index in [-0.39, 0.29) is 19.1 Å². The molecule has 0 radical (unpaired) electrons. The number of ether oxygens (including phenoxy) is 2. The summed E-state index contributed by atoms with van der Waals surface area (Å²) >= 11 is 0. The van der Waals surface area contributed by atoms with E-state index in [2.05, 4.69) is 5.32 Å². The summed E-state index contributed by atoms with van der Waals surface area (Å²) < 4.78 is 10.5. The highest BCUT2D eigenvalue weighted by Gasteiger charge is 2.27. The molecule has 1 heterocycles. The average Bonchev–Trinajstić information content (AvgIpc) is 2.39. The zero-order valence-electron chi connectivity index (χ0n) is 13.2. The molecule has 0 aliphatic carbocycles. The topological polar surface area (TPSA) is 111 Å². The molecule has 23 heavy (non-hydrogen) atoms. The molecule has 8 nitrogen and oxygen atoms in total. The first-order chi connectivity index (χ1) is 10.7. The Morgan fingerprint density at radius 3 is 2.70 bits per heavy atom. The molecule has 3 amide bonds. The van der Waals surface area contributed by atoms with Crippen molar-refractivity contribution in [3.05, 3.63) is 18.2 Å². The summed E-state index contributed by atoms with van der Waals surface area (Å²) in [5.74, 6) is -0.594. The van der Waals surface area contributed by atoms with E-state index in [0.29, 0.717) is 17.1 Å². The summed E-state index contributed by atoms with van der Waals surface area (Å²) in [4.78, 5) is 36.1. The van der Waals surface area contributed by atoms with Gasteiger partial charge < -0.3 is 15.2 Å². The monoisotopic (exact) mass is 321 g/mol. The third-order valence-electron chi connectivity index (χ3n) is 2.86. The van der Waals surface area contributed by atoms with Gasteiger partial charge in [0.1, 0.15) is 17.9 Å². The second-order valence-electron chi connectivity index (χ2n) is 6.04. The van der Waals surface area contributed by atoms with Crippen molar-refractivity contribution in [1.29, 1.82) is 0 Å². The number of rotatable bonds is 3. The number of anilines is 2. The van der Waals surface area contributed by atoms with E-state index in [1.807, 2.05) is 0 Å². The van der Waals surface area contributed by atoms with Gasteiger partial charge in [0, 0.05) is 5.69 Å². The van der Waals surface area contributed by atoms with Crippen LogP contribution in [0, 0.1) is 0 Å². The second-order valence-corrected chi connectivity index (χ2v) is 6.04. The lowest BCUT2D eigenvalue weighted by Crippen LogP contribution is -2.43. The van der Waals surface area contributed by atoms with Crippen LogP contribution in [0.15, 0.2) is 18.2 Å². The van der Waals surface area contributed by atoms with Crippen molar-refractivity contribution < 1.29 is 23.9 Å². The summed E-state index contributed by atoms with van der Waals surface area (Å²) in [5, 5.41) is 2.57. The van der Waals surface area contributed by atoms with Crippen LogP contribution in [-0.4, -0.2) is 36.7 Å². The van der Waals surface area contributed by atoms with Crippen LogP contribution in [0.5, 0.6) is 5.75 Å². The maximum absolute atomic E-state index is 11.9. The first-order valence-electron chi connectivity index (χ1n) is 7.01. The lowest BCUT2D eigenvalue weighted by molar-refractivity contribution is -0.124. The van der Waals surface area contributed by atoms with Crippen LogP contribution in [0.2, 0.25) is 0 Å². The number of carbonyl (C=O) groups excluding carboxylic acids is 3. The van der Waals surface area contributed by atoms with E-state index in [1.54, 1.807) is 32.9 Å². The van der Waals surface area contributed by atoms with Crippen molar-refractivity contribution in [2.24, 2.45) is 5.73 Å². The summed E-state index contributed by atoms with van der Waals surface area (Å²) in [7, 11) is 0. The molecule has 0 saturated heterocycles. The number of hydrogen-bond donors (Lipinski definition) is 2. The molecule has 124 valence electrons. The number of carbonyl (C=O) groups is 3. The van der Waals surface area contributed by atoms with E-state index in [1.165, 1.54) is 11.0 Å². The minimum Gasteiger partial charge on any atom is -0.482 e. The van der Waals surface area contributed by atoms with Gasteiger partial charge in [-0.1, -0.05) is 0 Å². The van der Waals surface area contributed by atoms with Crippen LogP contribution in [0.4, 0.5) is 16.2 Å². The minimum atomic E-state index is -0.642. The zero-order chi connectivity index (χ0) is 17.2. The lowest BCUT2D eigenvalue weighted by atomic mass is 10.2. The van der Waals surface area contributed by atoms with Gasteiger partial charge in [-0.3, -0.25) is 19.8 Å². The quantitative estimate of drug-likeness (QED) is 0.870. The number of primary amides is 1. The van der Waals surface area contributed by atoms with Gasteiger partial charge in [-0.2, -0.15) is 0 Å². The molecule has 0 spiro atoms. The van der Waals surface area contributed by atoms with Crippen LogP contribution < -0.4 is 20.7 Å². The van der Waals surface area contributed by atoms with Gasteiger partial charge >= 0.3 is 6.09 Å². The van der Waals surface area contributed by atoms with Gasteiger partial charge in [0.05, 0.1) is 5.69 Å². The third kappa shape index (κ3) is 4.35. The predicted molar refractivity (Wildman–Crippen MR) is 83.3 cm³/mol. The van der Waals surface area contributed by atoms with Crippen molar-refractivity contribution in [3.8, 4) is 5.75 Å². The highest BCUT2D eigenvalue weighted by Crippen LogP contribution is 2.34. The Balaban J connectivity index is 2.23. The number of fused-ring (bicyclic) bond motifs is 1. The molecule has 2 rings (SSSR count). The van der Waals surface area contributed by atoms with Crippen LogP contribution >= 0.6 is 0 Å². The van der Waals surface area contributed by atoms with E-state index >= 15 is 0 Å². The molecule has 1 aliphatic rings. The number of hydrogen-bond acceptors (Lipinski definition) is 5. The fraction of sp³-hybridized carbons (Fsp3) is 0.400. The molecule has 1 aromatic rings. The molecule has 0 aromatic heterocycles. The minimum absolute atomic E-state index is 0.168. The molecular formula is C15H19N3O5. The smallest absolute Gasteiger partial charge is 0.412 e. The Bertz CT molecular complexity index is 651. The van der Waals surface area contributed by atoms with Crippen LogP contribution in [0.1, 0.15) is 20.8 Å². The summed E-state index contributed by atoms with van der Waals surface area (Å²) in [5.41, 5.74) is 5.32. The lowest BCUT2D eigenvalue weighted by Gasteiger charge is -2.29. The van der Waals surface area contributed by atoms with Crippen LogP contribution in [0.25, 0.3) is 0 Å². The molecule has 1 aromatic carbocycles. The van der Waals surface area contributed by atoms with E-state index in [4.69, 9.17) is 15.2 Å². The molecule has 0 fully saturated rings. The molecular weight excluding hydrogens is 302 g/mol. The molecule has 0 atom stereocenters. The number of benzene rings is 1. The summed E-state index contributed by atoms with van der Waals surface area (Å²) in [6.45, 7) is 4.83. The fourth-order valence-corrected chi connectivity index (χ4v) is 2.03. The molecule has 3 N–H and O–H groups in total. The Labute approximate surface area is 133 Å². The fourth-order valence-electron chi connectivity index (χ4n) is 2.03. The van der Waals surface area contributed by atoms with E-state index < -0.39 is 17.6 Å². The van der Waals surface area contributed by atoms with Crippen molar-refractivity contribution in [2.75, 3.05) is 23.4 Å². The standard InChI is InChI=1S/C15H19N3O5/c1-15(2,3)23-14(21)17-9-4-5-11-10(6-9)18(7-12(16)19)13(20)8-22-11/h4-6H,7-8H2,1-3H3,(H2,16,19)(H,17,21). The normalized spacial score (nSPS) is 13.9. The van der Waals surface area contributed by atoms with Gasteiger partial charge in [0.25, 0.3) is 5.91 Å². The third-order valence-corrected chi connectivity index (χ3v) is 2.86. The van der Waals surface area contributed by atoms with Crippen molar-refractivity contribution >= 4 is 29.3 Å². The molecule has 0 unspecified atom stereocenters. The maximum atomic E-state index is 11.9. The van der Waals surface area contributed by atoms with Gasteiger partial charge in [0.15, 0.2) is 6.61 Å². The number of amides is 3. The largest absolute Gasteiger partial charge is 0.482 e. The molecule has 8 heteroatoms. The molecule has 0 bridgehead atoms. The Morgan fingerprint density at radius 2 is 2.09 bits per heavy atom. The molecule has 1 aliphatic heterocycles. The van der Waals surface area contributed by atoms with E-state index in [9.17, 15) is 14.4 Å². The zero-order valence-corrected chi connectivity index (χ0v) is 13.2. The second kappa shape index (κ2) is 6.15. The van der Waals surface area contributed by atoms with Crippen molar-refractivity contribution in [2.45, 2.75) is 26.4 Å². The van der Waals surface area contributed by atoms with Gasteiger partial charge in [-0.15, -0.1) is 0 Å². The van der Waals surface area contributed by atoms with Crippen LogP contribution in [-0.2, 0) is 14.3 Å². The Hall–Kier alpha value is -2.77. The van der Waals surface area contributed by atoms with E-state index in [0.717, 1.165) is 0 Å². The Kier molecular flexibility index (Phi) is 4.44. The maximum Gasteiger partial charge on any atom is 0.412 e. The highest BCUT2D eigenvalue weighted by molar-refractivity contribution is 6.02. The van der Waals surface area contributed by atoms with Gasteiger partial charge in [-0.05, 0) is 39.0 Å². The first kappa shape index (κ1) is 16.6. The highest BCUT2D eigenvalue weighted by atomic mass is 16.6. The average molecular weight is 321 g/mol. The summed E-state index contributed by atoms with van der Waals surface area (Å²) in [6.07, 6.45) is -0.623. The number of nitrogens with one attached hydrogen (secondary N) is 1. The van der Waals surface area contributed by atoms with Crippen LogP contribution in [0.3, 0.4) is 0 Å². The Morgan fingerprint density at radius 1 is 1.39 bits per heavy atom. The van der Waals surface area contributed by atoms with Crippen molar-refractivity contribution in [3.63, 3.8) is 0 Å². The summed E-state index contributed by atoms with van der Waals surface area (Å²) in [6, 6.07) is 4.74. The molecule has 0 saturated carbocycles.